The molecule has 4 N–H and O–H groups in total. The van der Waals surface area contributed by atoms with E-state index in [0.717, 1.165) is 48.8 Å². The molecule has 0 saturated carbocycles. The molecule has 18 nitrogen and oxygen atoms in total. The summed E-state index contributed by atoms with van der Waals surface area (Å²) in [5, 5.41) is 15.6. The molecule has 0 spiro atoms. The number of amides is 2. The van der Waals surface area contributed by atoms with Crippen LogP contribution in [0, 0.1) is 0 Å². The predicted octanol–water partition coefficient (Wildman–Crippen LogP) is -2.46. The molecular weight excluding hydrogens is 739 g/mol. The van der Waals surface area contributed by atoms with Crippen molar-refractivity contribution in [3.8, 4) is 5.75 Å². The Morgan fingerprint density at radius 3 is 2.08 bits per heavy atom. The minimum atomic E-state index is -4.49. The van der Waals surface area contributed by atoms with Crippen molar-refractivity contribution in [1.82, 2.24) is 19.1 Å². The van der Waals surface area contributed by atoms with E-state index in [1.807, 2.05) is 9.44 Å². The Labute approximate surface area is 304 Å². The fourth-order valence-electron chi connectivity index (χ4n) is 6.95. The summed E-state index contributed by atoms with van der Waals surface area (Å²) in [4.78, 5) is 56.6. The van der Waals surface area contributed by atoms with E-state index in [0.29, 0.717) is 33.7 Å². The van der Waals surface area contributed by atoms with Gasteiger partial charge in [0.1, 0.15) is 18.8 Å². The standard InChI is InChI=1S/C33H37N5O13S2/c39-25-9-10-26(40)38(25)51-27(41)11-18-50-33-23-4-2-15-37-14-1-3-21(30(23)37)19-24(33)29-31(42)28(32(29)43)20-5-7-22(8-6-20)36(16-12-34-52(44,45)46)17-13-35-53(47,48)49/h5-8,19,34-35H,1-4,9-18H2,(H2-,42,43,44,45,46,47,48,49). The van der Waals surface area contributed by atoms with E-state index in [1.54, 1.807) is 23.1 Å². The summed E-state index contributed by atoms with van der Waals surface area (Å²) in [7, 11) is -8.99. The first-order valence-corrected chi connectivity index (χ1v) is 19.8. The Kier molecular flexibility index (Phi) is 11.0. The molecule has 0 bridgehead atoms. The summed E-state index contributed by atoms with van der Waals surface area (Å²) in [5.41, 5.74) is 2.45. The minimum absolute atomic E-state index is 0.0221. The van der Waals surface area contributed by atoms with Crippen molar-refractivity contribution in [2.24, 2.45) is 0 Å². The molecule has 2 aromatic carbocycles. The summed E-state index contributed by atoms with van der Waals surface area (Å²) in [6.45, 7) is 0.939. The summed E-state index contributed by atoms with van der Waals surface area (Å²) < 4.78 is 74.8. The third kappa shape index (κ3) is 8.58. The van der Waals surface area contributed by atoms with E-state index in [-0.39, 0.29) is 63.2 Å². The topological polar surface area (TPSA) is 252 Å². The fourth-order valence-corrected chi connectivity index (χ4v) is 7.65. The lowest BCUT2D eigenvalue weighted by Gasteiger charge is -2.32. The third-order valence-electron chi connectivity index (χ3n) is 9.26. The maximum Gasteiger partial charge on any atom is 0.336 e. The van der Waals surface area contributed by atoms with Crippen molar-refractivity contribution in [2.75, 3.05) is 50.8 Å². The zero-order valence-corrected chi connectivity index (χ0v) is 30.0. The molecule has 0 atom stereocenters. The van der Waals surface area contributed by atoms with Gasteiger partial charge in [-0.15, -0.1) is 5.06 Å². The highest BCUT2D eigenvalue weighted by Gasteiger charge is 2.35. The van der Waals surface area contributed by atoms with Gasteiger partial charge in [0.15, 0.2) is 5.78 Å². The molecule has 284 valence electrons. The molecule has 20 heteroatoms. The van der Waals surface area contributed by atoms with Gasteiger partial charge in [-0.3, -0.25) is 23.5 Å². The van der Waals surface area contributed by atoms with Crippen molar-refractivity contribution in [3.63, 3.8) is 0 Å². The van der Waals surface area contributed by atoms with Crippen LogP contribution in [0.15, 0.2) is 36.1 Å². The number of imide groups is 1. The summed E-state index contributed by atoms with van der Waals surface area (Å²) >= 11 is 0. The number of nitrogens with one attached hydrogen (secondary N) is 2. The highest BCUT2D eigenvalue weighted by Crippen LogP contribution is 2.36. The number of anilines is 1. The normalized spacial score (nSPS) is 18.3. The van der Waals surface area contributed by atoms with Gasteiger partial charge in [-0.25, -0.2) is 9.37 Å². The van der Waals surface area contributed by atoms with Gasteiger partial charge in [0.2, 0.25) is 5.36 Å². The number of hydrogen-bond acceptors (Lipinski definition) is 12. The number of nitrogens with zero attached hydrogens (tertiary/aromatic N) is 3. The smallest absolute Gasteiger partial charge is 0.336 e. The molecule has 53 heavy (non-hydrogen) atoms. The summed E-state index contributed by atoms with van der Waals surface area (Å²) in [6, 6.07) is 7.94. The Bertz CT molecular complexity index is 2200. The second-order valence-corrected chi connectivity index (χ2v) is 15.2. The molecule has 2 amide bonds. The summed E-state index contributed by atoms with van der Waals surface area (Å²) in [6.07, 6.45) is 2.65. The van der Waals surface area contributed by atoms with Crippen LogP contribution in [0.3, 0.4) is 0 Å². The molecule has 4 aliphatic rings. The molecule has 0 unspecified atom stereocenters. The van der Waals surface area contributed by atoms with E-state index < -0.39 is 49.9 Å². The fraction of sp³-hybridized carbons (Fsp3) is 0.424. The number of ether oxygens (including phenoxy) is 1. The van der Waals surface area contributed by atoms with E-state index in [9.17, 15) is 41.1 Å². The van der Waals surface area contributed by atoms with Gasteiger partial charge >= 0.3 is 26.6 Å². The number of ketones is 1. The average molecular weight is 776 g/mol. The lowest BCUT2D eigenvalue weighted by molar-refractivity contribution is -0.293. The first kappa shape index (κ1) is 38.0. The molecule has 2 aromatic rings. The van der Waals surface area contributed by atoms with Crippen LogP contribution in [0.1, 0.15) is 48.8 Å². The van der Waals surface area contributed by atoms with Gasteiger partial charge in [0.05, 0.1) is 18.6 Å². The molecule has 0 aromatic heterocycles. The monoisotopic (exact) mass is 775 g/mol. The van der Waals surface area contributed by atoms with Crippen LogP contribution in [0.4, 0.5) is 5.69 Å². The quantitative estimate of drug-likeness (QED) is 0.0833. The number of hydroxylamine groups is 2. The second kappa shape index (κ2) is 15.3. The van der Waals surface area contributed by atoms with Crippen LogP contribution in [-0.4, -0.2) is 100 Å². The Morgan fingerprint density at radius 1 is 0.887 bits per heavy atom. The Balaban J connectivity index is 1.29. The van der Waals surface area contributed by atoms with Crippen molar-refractivity contribution in [2.45, 2.75) is 44.9 Å². The number of Topliss-reactive ketones (excluding diaryl/α,β-unsaturated/α-hetero) is 1. The van der Waals surface area contributed by atoms with Crippen LogP contribution >= 0.6 is 0 Å². The first-order chi connectivity index (χ1) is 25.1. The van der Waals surface area contributed by atoms with E-state index >= 15 is 0 Å². The largest absolute Gasteiger partial charge is 0.871 e. The lowest BCUT2D eigenvalue weighted by Crippen LogP contribution is -2.45. The molecule has 3 aliphatic heterocycles. The van der Waals surface area contributed by atoms with Crippen LogP contribution in [0.5, 0.6) is 5.75 Å². The van der Waals surface area contributed by atoms with Gasteiger partial charge in [0.25, 0.3) is 11.8 Å². The molecule has 6 rings (SSSR count). The van der Waals surface area contributed by atoms with Gasteiger partial charge < -0.3 is 19.6 Å². The third-order valence-corrected chi connectivity index (χ3v) is 10.4. The molecule has 0 radical (unpaired) electrons. The number of carbonyl (C=O) groups is 4. The van der Waals surface area contributed by atoms with E-state index in [1.165, 1.54) is 12.1 Å². The van der Waals surface area contributed by atoms with Crippen LogP contribution in [0.2, 0.25) is 0 Å². The predicted molar refractivity (Wildman–Crippen MR) is 184 cm³/mol. The minimum Gasteiger partial charge on any atom is -0.871 e. The number of allylic oxidation sites excluding steroid dienone is 2. The van der Waals surface area contributed by atoms with Crippen molar-refractivity contribution < 1.29 is 59.8 Å². The van der Waals surface area contributed by atoms with E-state index in [4.69, 9.17) is 18.7 Å². The highest BCUT2D eigenvalue weighted by atomic mass is 32.2. The second-order valence-electron chi connectivity index (χ2n) is 12.8. The van der Waals surface area contributed by atoms with Crippen LogP contribution < -0.4 is 39.3 Å². The molecule has 3 heterocycles. The first-order valence-electron chi connectivity index (χ1n) is 16.9. The summed E-state index contributed by atoms with van der Waals surface area (Å²) in [5.74, 6) is -2.78. The lowest BCUT2D eigenvalue weighted by atomic mass is 9.81. The van der Waals surface area contributed by atoms with Gasteiger partial charge in [-0.1, -0.05) is 17.9 Å². The molecule has 1 fully saturated rings. The molecule has 1 saturated heterocycles. The number of hydrogen-bond donors (Lipinski definition) is 4. The van der Waals surface area contributed by atoms with Crippen molar-refractivity contribution in [3.05, 3.63) is 63.4 Å². The number of rotatable bonds is 15. The molecular formula is C33H37N5O13S2. The zero-order valence-electron chi connectivity index (χ0n) is 28.3. The van der Waals surface area contributed by atoms with Gasteiger partial charge in [-0.05, 0) is 36.6 Å². The van der Waals surface area contributed by atoms with Crippen LogP contribution in [-0.2, 0) is 57.5 Å². The SMILES string of the molecule is O=C(CCOc1c2c3c(c/c1=C1\C(=O)C(c4ccc(N(CCNS(=O)(=O)O)CCNS(=O)(=O)O)cc4)=C1[O-])CCC[N+]=3CCC2)ON1C(=O)CCC1=O. The van der Waals surface area contributed by atoms with E-state index in [2.05, 4.69) is 4.58 Å². The number of carbonyl (C=O) groups excluding carboxylic acids is 4. The number of aryl methyl sites for hydroxylation is 1. The van der Waals surface area contributed by atoms with Gasteiger partial charge in [-0.2, -0.15) is 26.3 Å². The van der Waals surface area contributed by atoms with Crippen molar-refractivity contribution in [1.29, 1.82) is 0 Å². The van der Waals surface area contributed by atoms with Crippen LogP contribution in [0.25, 0.3) is 11.1 Å². The Morgan fingerprint density at radius 2 is 1.49 bits per heavy atom. The van der Waals surface area contributed by atoms with Crippen molar-refractivity contribution >= 4 is 61.0 Å². The average Bonchev–Trinajstić information content (AvgIpc) is 3.40. The maximum absolute atomic E-state index is 13.8. The number of benzene rings is 2. The molecule has 1 aliphatic carbocycles. The maximum atomic E-state index is 13.8. The highest BCUT2D eigenvalue weighted by molar-refractivity contribution is 7.84. The zero-order chi connectivity index (χ0) is 38.1. The van der Waals surface area contributed by atoms with Gasteiger partial charge in [0, 0.05) is 79.5 Å². The Hall–Kier alpha value is -4.73.